The first-order chi connectivity index (χ1) is 6.38. The van der Waals surface area contributed by atoms with Crippen molar-refractivity contribution in [3.8, 4) is 0 Å². The van der Waals surface area contributed by atoms with Gasteiger partial charge in [0.05, 0.1) is 0 Å². The van der Waals surface area contributed by atoms with Crippen LogP contribution in [0.25, 0.3) is 0 Å². The van der Waals surface area contributed by atoms with E-state index in [9.17, 15) is 0 Å². The van der Waals surface area contributed by atoms with E-state index in [0.29, 0.717) is 0 Å². The zero-order chi connectivity index (χ0) is 10.1. The van der Waals surface area contributed by atoms with E-state index in [0.717, 1.165) is 12.3 Å². The third kappa shape index (κ3) is 3.74. The van der Waals surface area contributed by atoms with Gasteiger partial charge in [-0.1, -0.05) is 32.6 Å². The van der Waals surface area contributed by atoms with E-state index in [1.54, 1.807) is 13.2 Å². The van der Waals surface area contributed by atoms with E-state index in [-0.39, 0.29) is 0 Å². The third-order valence-corrected chi connectivity index (χ3v) is 1.50. The lowest BCUT2D eigenvalue weighted by Crippen LogP contribution is -2.16. The predicted molar refractivity (Wildman–Crippen MR) is 59.6 cm³/mol. The molecule has 72 valence electrons. The zero-order valence-corrected chi connectivity index (χ0v) is 8.70. The molecule has 0 unspecified atom stereocenters. The average molecular weight is 178 g/mol. The number of hydrogen-bond donors (Lipinski definition) is 0. The van der Waals surface area contributed by atoms with Crippen molar-refractivity contribution in [1.82, 2.24) is 4.90 Å². The molecule has 0 spiro atoms. The molecule has 13 heavy (non-hydrogen) atoms. The van der Waals surface area contributed by atoms with Crippen molar-refractivity contribution in [2.45, 2.75) is 20.3 Å². The van der Waals surface area contributed by atoms with Crippen LogP contribution in [-0.2, 0) is 0 Å². The lowest BCUT2D eigenvalue weighted by atomic mass is 10.4. The minimum absolute atomic E-state index is 0.925. The third-order valence-electron chi connectivity index (χ3n) is 1.50. The first-order valence-electron chi connectivity index (χ1n) is 4.59. The van der Waals surface area contributed by atoms with Crippen LogP contribution in [0.3, 0.4) is 0 Å². The fraction of sp³-hybridized carbons (Fsp3) is 0.364. The smallest absolute Gasteiger partial charge is 0.130 e. The Bertz CT molecular complexity index is 224. The monoisotopic (exact) mass is 178 g/mol. The van der Waals surface area contributed by atoms with Gasteiger partial charge < -0.3 is 4.90 Å². The number of rotatable bonds is 1. The molecule has 0 aliphatic carbocycles. The summed E-state index contributed by atoms with van der Waals surface area (Å²) in [4.78, 5) is 5.99. The number of aliphatic imine (C=N–C) groups is 1. The second-order valence-corrected chi connectivity index (χ2v) is 2.19. The largest absolute Gasteiger partial charge is 0.310 e. The first kappa shape index (κ1) is 11.7. The van der Waals surface area contributed by atoms with Crippen molar-refractivity contribution in [3.05, 3.63) is 37.2 Å². The Morgan fingerprint density at radius 1 is 1.46 bits per heavy atom. The Kier molecular flexibility index (Phi) is 6.60. The standard InChI is InChI=1S/C9H12N2.C2H6/c1-3-11-8-6-4-5-7-9(11)10-2;1-2/h3,5-8H,1,4H2,2H3;1-2H3. The predicted octanol–water partition coefficient (Wildman–Crippen LogP) is 2.96. The lowest BCUT2D eigenvalue weighted by Gasteiger charge is -2.12. The van der Waals surface area contributed by atoms with Gasteiger partial charge in [0.15, 0.2) is 0 Å². The van der Waals surface area contributed by atoms with Gasteiger partial charge in [-0.2, -0.15) is 0 Å². The van der Waals surface area contributed by atoms with Gasteiger partial charge in [-0.3, -0.25) is 4.99 Å². The highest BCUT2D eigenvalue weighted by molar-refractivity contribution is 5.94. The highest BCUT2D eigenvalue weighted by Gasteiger charge is 2.00. The fourth-order valence-corrected chi connectivity index (χ4v) is 0.933. The maximum atomic E-state index is 4.09. The van der Waals surface area contributed by atoms with Gasteiger partial charge in [-0.15, -0.1) is 0 Å². The molecule has 0 fully saturated rings. The summed E-state index contributed by atoms with van der Waals surface area (Å²) in [7, 11) is 1.77. The Balaban J connectivity index is 0.000000671. The van der Waals surface area contributed by atoms with Crippen molar-refractivity contribution in [1.29, 1.82) is 0 Å². The van der Waals surface area contributed by atoms with Crippen LogP contribution in [0.1, 0.15) is 20.3 Å². The Labute approximate surface area is 81.0 Å². The Hall–Kier alpha value is -1.31. The van der Waals surface area contributed by atoms with Crippen molar-refractivity contribution in [2.75, 3.05) is 7.05 Å². The van der Waals surface area contributed by atoms with E-state index in [1.165, 1.54) is 0 Å². The van der Waals surface area contributed by atoms with Gasteiger partial charge in [0.25, 0.3) is 0 Å². The van der Waals surface area contributed by atoms with Crippen LogP contribution in [0, 0.1) is 0 Å². The zero-order valence-electron chi connectivity index (χ0n) is 8.70. The molecule has 0 atom stereocenters. The summed E-state index contributed by atoms with van der Waals surface area (Å²) in [5.41, 5.74) is 0. The highest BCUT2D eigenvalue weighted by atomic mass is 15.1. The van der Waals surface area contributed by atoms with Gasteiger partial charge in [0.1, 0.15) is 5.84 Å². The molecule has 1 heterocycles. The van der Waals surface area contributed by atoms with Crippen LogP contribution in [0.2, 0.25) is 0 Å². The van der Waals surface area contributed by atoms with Gasteiger partial charge in [-0.25, -0.2) is 0 Å². The summed E-state index contributed by atoms with van der Waals surface area (Å²) in [6.07, 6.45) is 10.8. The quantitative estimate of drug-likeness (QED) is 0.602. The summed E-state index contributed by atoms with van der Waals surface area (Å²) in [5.74, 6) is 0.925. The maximum Gasteiger partial charge on any atom is 0.130 e. The molecule has 0 amide bonds. The topological polar surface area (TPSA) is 15.6 Å². The van der Waals surface area contributed by atoms with Crippen LogP contribution in [-0.4, -0.2) is 17.8 Å². The van der Waals surface area contributed by atoms with Gasteiger partial charge in [-0.05, 0) is 12.5 Å². The lowest BCUT2D eigenvalue weighted by molar-refractivity contribution is 0.764. The second-order valence-electron chi connectivity index (χ2n) is 2.19. The van der Waals surface area contributed by atoms with Crippen molar-refractivity contribution in [2.24, 2.45) is 4.99 Å². The van der Waals surface area contributed by atoms with Crippen LogP contribution in [0.5, 0.6) is 0 Å². The molecule has 2 nitrogen and oxygen atoms in total. The SMILES string of the molecule is C=CN1C=CCC=CC1=NC.CC. The minimum atomic E-state index is 0.925. The Morgan fingerprint density at radius 2 is 2.15 bits per heavy atom. The van der Waals surface area contributed by atoms with Gasteiger partial charge in [0, 0.05) is 19.4 Å². The molecule has 0 aromatic heterocycles. The van der Waals surface area contributed by atoms with Gasteiger partial charge >= 0.3 is 0 Å². The van der Waals surface area contributed by atoms with E-state index in [2.05, 4.69) is 23.7 Å². The fourth-order valence-electron chi connectivity index (χ4n) is 0.933. The van der Waals surface area contributed by atoms with Crippen LogP contribution in [0.15, 0.2) is 42.2 Å². The molecule has 1 aliphatic heterocycles. The molecule has 0 bridgehead atoms. The molecular weight excluding hydrogens is 160 g/mol. The van der Waals surface area contributed by atoms with E-state index >= 15 is 0 Å². The molecule has 0 saturated heterocycles. The van der Waals surface area contributed by atoms with Crippen molar-refractivity contribution < 1.29 is 0 Å². The van der Waals surface area contributed by atoms with Crippen molar-refractivity contribution in [3.63, 3.8) is 0 Å². The number of nitrogens with zero attached hydrogens (tertiary/aromatic N) is 2. The van der Waals surface area contributed by atoms with Crippen LogP contribution in [0.4, 0.5) is 0 Å². The molecule has 2 heteroatoms. The number of amidine groups is 1. The van der Waals surface area contributed by atoms with Gasteiger partial charge in [0.2, 0.25) is 0 Å². The molecule has 0 radical (unpaired) electrons. The first-order valence-corrected chi connectivity index (χ1v) is 4.59. The summed E-state index contributed by atoms with van der Waals surface area (Å²) in [6, 6.07) is 0. The highest BCUT2D eigenvalue weighted by Crippen LogP contribution is 2.02. The van der Waals surface area contributed by atoms with E-state index in [4.69, 9.17) is 0 Å². The molecule has 0 aromatic carbocycles. The summed E-state index contributed by atoms with van der Waals surface area (Å²) >= 11 is 0. The molecule has 0 aromatic rings. The molecule has 1 aliphatic rings. The molecule has 1 rings (SSSR count). The normalized spacial score (nSPS) is 17.8. The van der Waals surface area contributed by atoms with Crippen LogP contribution >= 0.6 is 0 Å². The summed E-state index contributed by atoms with van der Waals surface area (Å²) in [5, 5.41) is 0. The van der Waals surface area contributed by atoms with E-state index in [1.807, 2.05) is 31.0 Å². The van der Waals surface area contributed by atoms with Crippen molar-refractivity contribution >= 4 is 5.84 Å². The Morgan fingerprint density at radius 3 is 2.69 bits per heavy atom. The molecule has 0 N–H and O–H groups in total. The van der Waals surface area contributed by atoms with Crippen LogP contribution < -0.4 is 0 Å². The minimum Gasteiger partial charge on any atom is -0.310 e. The summed E-state index contributed by atoms with van der Waals surface area (Å²) in [6.45, 7) is 7.68. The average Bonchev–Trinajstić information content (AvgIpc) is 2.44. The number of allylic oxidation sites excluding steroid dienone is 2. The molecular formula is C11H18N2. The maximum absolute atomic E-state index is 4.09. The molecule has 0 saturated carbocycles. The number of hydrogen-bond acceptors (Lipinski definition) is 1. The summed E-state index contributed by atoms with van der Waals surface area (Å²) < 4.78 is 0. The van der Waals surface area contributed by atoms with E-state index < -0.39 is 0 Å². The second kappa shape index (κ2) is 7.35.